The SMILES string of the molecule is CCNC(=NCCCC(=O)Nc1ccc(Cl)cc1)N1CCC(N2CCOCC2)C1. The third-order valence-corrected chi connectivity index (χ3v) is 5.56. The molecule has 3 rings (SSSR count). The molecule has 2 heterocycles. The van der Waals surface area contributed by atoms with Crippen LogP contribution in [0.5, 0.6) is 0 Å². The lowest BCUT2D eigenvalue weighted by atomic mass is 10.2. The van der Waals surface area contributed by atoms with Crippen LogP contribution in [0, 0.1) is 0 Å². The molecule has 29 heavy (non-hydrogen) atoms. The molecule has 2 aliphatic heterocycles. The van der Waals surface area contributed by atoms with E-state index in [1.54, 1.807) is 24.3 Å². The number of carbonyl (C=O) groups excluding carboxylic acids is 1. The number of anilines is 1. The highest BCUT2D eigenvalue weighted by Crippen LogP contribution is 2.17. The van der Waals surface area contributed by atoms with Crippen LogP contribution in [-0.2, 0) is 9.53 Å². The van der Waals surface area contributed by atoms with Crippen LogP contribution in [0.4, 0.5) is 5.69 Å². The van der Waals surface area contributed by atoms with Crippen LogP contribution in [-0.4, -0.2) is 80.2 Å². The van der Waals surface area contributed by atoms with Crippen molar-refractivity contribution in [2.45, 2.75) is 32.2 Å². The predicted molar refractivity (Wildman–Crippen MR) is 118 cm³/mol. The van der Waals surface area contributed by atoms with Crippen molar-refractivity contribution in [3.05, 3.63) is 29.3 Å². The monoisotopic (exact) mass is 421 g/mol. The molecular weight excluding hydrogens is 390 g/mol. The number of rotatable bonds is 7. The molecule has 1 unspecified atom stereocenters. The standard InChI is InChI=1S/C21H32ClN5O2/c1-2-23-21(27-11-9-19(16-27)26-12-14-29-15-13-26)24-10-3-4-20(28)25-18-7-5-17(22)6-8-18/h5-8,19H,2-4,9-16H2,1H3,(H,23,24)(H,25,28). The number of hydrogen-bond acceptors (Lipinski definition) is 4. The molecule has 2 fully saturated rings. The van der Waals surface area contributed by atoms with E-state index in [1.165, 1.54) is 0 Å². The molecular formula is C21H32ClN5O2. The third kappa shape index (κ3) is 6.87. The van der Waals surface area contributed by atoms with Crippen LogP contribution in [0.3, 0.4) is 0 Å². The van der Waals surface area contributed by atoms with Crippen molar-refractivity contribution >= 4 is 29.2 Å². The van der Waals surface area contributed by atoms with Crippen LogP contribution < -0.4 is 10.6 Å². The Hall–Kier alpha value is -1.83. The Bertz CT molecular complexity index is 676. The number of nitrogens with one attached hydrogen (secondary N) is 2. The molecule has 8 heteroatoms. The van der Waals surface area contributed by atoms with Crippen molar-refractivity contribution in [3.8, 4) is 0 Å². The molecule has 0 aromatic heterocycles. The second-order valence-electron chi connectivity index (χ2n) is 7.43. The van der Waals surface area contributed by atoms with Gasteiger partial charge in [0.25, 0.3) is 0 Å². The van der Waals surface area contributed by atoms with Gasteiger partial charge in [-0.2, -0.15) is 0 Å². The van der Waals surface area contributed by atoms with Crippen molar-refractivity contribution in [1.29, 1.82) is 0 Å². The Labute approximate surface area is 178 Å². The van der Waals surface area contributed by atoms with Crippen LogP contribution >= 0.6 is 11.6 Å². The maximum atomic E-state index is 12.1. The van der Waals surface area contributed by atoms with Crippen molar-refractivity contribution in [2.24, 2.45) is 4.99 Å². The summed E-state index contributed by atoms with van der Waals surface area (Å²) < 4.78 is 5.47. The first-order valence-corrected chi connectivity index (χ1v) is 10.9. The number of aliphatic imine (C=N–C) groups is 1. The number of benzene rings is 1. The smallest absolute Gasteiger partial charge is 0.224 e. The van der Waals surface area contributed by atoms with Gasteiger partial charge in [-0.3, -0.25) is 14.7 Å². The highest BCUT2D eigenvalue weighted by molar-refractivity contribution is 6.30. The van der Waals surface area contributed by atoms with Gasteiger partial charge in [0.15, 0.2) is 5.96 Å². The van der Waals surface area contributed by atoms with Gasteiger partial charge in [0.05, 0.1) is 13.2 Å². The van der Waals surface area contributed by atoms with Crippen LogP contribution in [0.15, 0.2) is 29.3 Å². The van der Waals surface area contributed by atoms with Crippen molar-refractivity contribution in [2.75, 3.05) is 57.8 Å². The quantitative estimate of drug-likeness (QED) is 0.402. The number of guanidine groups is 1. The molecule has 0 bridgehead atoms. The van der Waals surface area contributed by atoms with Gasteiger partial charge >= 0.3 is 0 Å². The van der Waals surface area contributed by atoms with E-state index in [-0.39, 0.29) is 5.91 Å². The van der Waals surface area contributed by atoms with E-state index in [9.17, 15) is 4.79 Å². The number of morpholine rings is 1. The van der Waals surface area contributed by atoms with E-state index in [4.69, 9.17) is 21.3 Å². The molecule has 0 spiro atoms. The van der Waals surface area contributed by atoms with Crippen LogP contribution in [0.25, 0.3) is 0 Å². The summed E-state index contributed by atoms with van der Waals surface area (Å²) >= 11 is 5.87. The summed E-state index contributed by atoms with van der Waals surface area (Å²) in [5.41, 5.74) is 0.766. The minimum atomic E-state index is 0.000997. The second kappa shape index (κ2) is 11.4. The molecule has 1 aromatic carbocycles. The first-order valence-electron chi connectivity index (χ1n) is 10.6. The van der Waals surface area contributed by atoms with Crippen LogP contribution in [0.2, 0.25) is 5.02 Å². The van der Waals surface area contributed by atoms with Gasteiger partial charge in [0, 0.05) is 62.4 Å². The number of ether oxygens (including phenoxy) is 1. The minimum absolute atomic E-state index is 0.000997. The summed E-state index contributed by atoms with van der Waals surface area (Å²) in [5, 5.41) is 6.95. The van der Waals surface area contributed by atoms with Crippen molar-refractivity contribution in [1.82, 2.24) is 15.1 Å². The highest BCUT2D eigenvalue weighted by atomic mass is 35.5. The van der Waals surface area contributed by atoms with Gasteiger partial charge in [-0.25, -0.2) is 0 Å². The average molecular weight is 422 g/mol. The van der Waals surface area contributed by atoms with E-state index in [0.717, 1.165) is 70.4 Å². The van der Waals surface area contributed by atoms with Crippen molar-refractivity contribution < 1.29 is 9.53 Å². The van der Waals surface area contributed by atoms with Gasteiger partial charge in [-0.05, 0) is 44.0 Å². The van der Waals surface area contributed by atoms with E-state index in [1.807, 2.05) is 0 Å². The van der Waals surface area contributed by atoms with Gasteiger partial charge in [0.2, 0.25) is 5.91 Å². The molecule has 0 aliphatic carbocycles. The number of likely N-dealkylation sites (tertiary alicyclic amines) is 1. The van der Waals surface area contributed by atoms with Gasteiger partial charge in [-0.1, -0.05) is 11.6 Å². The molecule has 2 N–H and O–H groups in total. The summed E-state index contributed by atoms with van der Waals surface area (Å²) in [4.78, 5) is 21.7. The Balaban J connectivity index is 1.43. The predicted octanol–water partition coefficient (Wildman–Crippen LogP) is 2.43. The van der Waals surface area contributed by atoms with E-state index < -0.39 is 0 Å². The fraction of sp³-hybridized carbons (Fsp3) is 0.619. The van der Waals surface area contributed by atoms with Crippen molar-refractivity contribution in [3.63, 3.8) is 0 Å². The first kappa shape index (κ1) is 21.9. The van der Waals surface area contributed by atoms with E-state index in [0.29, 0.717) is 24.0 Å². The number of nitrogens with zero attached hydrogens (tertiary/aromatic N) is 3. The largest absolute Gasteiger partial charge is 0.379 e. The normalized spacial score (nSPS) is 20.7. The topological polar surface area (TPSA) is 69.2 Å². The molecule has 2 saturated heterocycles. The summed E-state index contributed by atoms with van der Waals surface area (Å²) in [5.74, 6) is 0.961. The van der Waals surface area contributed by atoms with E-state index in [2.05, 4.69) is 27.4 Å². The third-order valence-electron chi connectivity index (χ3n) is 5.31. The zero-order chi connectivity index (χ0) is 20.5. The lowest BCUT2D eigenvalue weighted by Crippen LogP contribution is -2.46. The van der Waals surface area contributed by atoms with E-state index >= 15 is 0 Å². The molecule has 0 saturated carbocycles. The summed E-state index contributed by atoms with van der Waals surface area (Å²) in [7, 11) is 0. The molecule has 2 aliphatic rings. The number of halogens is 1. The number of hydrogen-bond donors (Lipinski definition) is 2. The first-order chi connectivity index (χ1) is 14.2. The number of amides is 1. The summed E-state index contributed by atoms with van der Waals surface area (Å²) in [6, 6.07) is 7.72. The Kier molecular flexibility index (Phi) is 8.58. The zero-order valence-corrected chi connectivity index (χ0v) is 18.0. The lowest BCUT2D eigenvalue weighted by Gasteiger charge is -2.32. The molecule has 1 amide bonds. The minimum Gasteiger partial charge on any atom is -0.379 e. The fourth-order valence-electron chi connectivity index (χ4n) is 3.78. The molecule has 7 nitrogen and oxygen atoms in total. The Morgan fingerprint density at radius 3 is 2.72 bits per heavy atom. The average Bonchev–Trinajstić information content (AvgIpc) is 3.23. The molecule has 160 valence electrons. The number of carbonyl (C=O) groups is 1. The molecule has 0 radical (unpaired) electrons. The fourth-order valence-corrected chi connectivity index (χ4v) is 3.91. The maximum absolute atomic E-state index is 12.1. The maximum Gasteiger partial charge on any atom is 0.224 e. The van der Waals surface area contributed by atoms with Crippen LogP contribution in [0.1, 0.15) is 26.2 Å². The Morgan fingerprint density at radius 1 is 1.24 bits per heavy atom. The molecule has 1 aromatic rings. The van der Waals surface area contributed by atoms with Gasteiger partial charge in [0.1, 0.15) is 0 Å². The Morgan fingerprint density at radius 2 is 2.00 bits per heavy atom. The highest BCUT2D eigenvalue weighted by Gasteiger charge is 2.30. The van der Waals surface area contributed by atoms with Gasteiger partial charge < -0.3 is 20.3 Å². The van der Waals surface area contributed by atoms with Gasteiger partial charge in [-0.15, -0.1) is 0 Å². The zero-order valence-electron chi connectivity index (χ0n) is 17.2. The summed E-state index contributed by atoms with van der Waals surface area (Å²) in [6.45, 7) is 9.30. The summed E-state index contributed by atoms with van der Waals surface area (Å²) in [6.07, 6.45) is 2.32. The molecule has 1 atom stereocenters. The lowest BCUT2D eigenvalue weighted by molar-refractivity contribution is -0.116. The second-order valence-corrected chi connectivity index (χ2v) is 7.87.